The van der Waals surface area contributed by atoms with Gasteiger partial charge in [-0.05, 0) is 13.0 Å². The number of hydrogen-bond acceptors (Lipinski definition) is 6. The Bertz CT molecular complexity index is 639. The van der Waals surface area contributed by atoms with Crippen molar-refractivity contribution in [2.24, 2.45) is 0 Å². The van der Waals surface area contributed by atoms with E-state index in [0.717, 1.165) is 11.3 Å². The molecule has 0 amide bonds. The zero-order chi connectivity index (χ0) is 14.7. The van der Waals surface area contributed by atoms with Crippen molar-refractivity contribution in [1.82, 2.24) is 4.98 Å². The summed E-state index contributed by atoms with van der Waals surface area (Å²) < 4.78 is 5.02. The Morgan fingerprint density at radius 3 is 2.85 bits per heavy atom. The van der Waals surface area contributed by atoms with Crippen molar-refractivity contribution in [3.05, 3.63) is 34.3 Å². The van der Waals surface area contributed by atoms with Crippen molar-refractivity contribution < 1.29 is 19.7 Å². The zero-order valence-corrected chi connectivity index (χ0v) is 11.8. The number of aryl methyl sites for hydroxylation is 1. The predicted octanol–water partition coefficient (Wildman–Crippen LogP) is 2.48. The highest BCUT2D eigenvalue weighted by Crippen LogP contribution is 2.30. The van der Waals surface area contributed by atoms with E-state index in [0.29, 0.717) is 28.7 Å². The van der Waals surface area contributed by atoms with Gasteiger partial charge in [-0.15, -0.1) is 0 Å². The van der Waals surface area contributed by atoms with Crippen LogP contribution in [-0.4, -0.2) is 28.3 Å². The number of phenols is 1. The van der Waals surface area contributed by atoms with E-state index in [2.05, 4.69) is 10.3 Å². The van der Waals surface area contributed by atoms with E-state index in [1.165, 1.54) is 7.11 Å². The average molecular weight is 294 g/mol. The second kappa shape index (κ2) is 5.79. The minimum Gasteiger partial charge on any atom is -0.504 e. The summed E-state index contributed by atoms with van der Waals surface area (Å²) in [5.74, 6) is -0.530. The summed E-state index contributed by atoms with van der Waals surface area (Å²) in [7, 11) is 1.48. The van der Waals surface area contributed by atoms with Crippen LogP contribution in [0, 0.1) is 6.92 Å². The van der Waals surface area contributed by atoms with Gasteiger partial charge in [-0.25, -0.2) is 9.78 Å². The number of para-hydroxylation sites is 1. The molecule has 3 N–H and O–H groups in total. The first-order chi connectivity index (χ1) is 9.52. The maximum Gasteiger partial charge on any atom is 0.347 e. The summed E-state index contributed by atoms with van der Waals surface area (Å²) in [6.45, 7) is 1.98. The molecule has 2 aromatic rings. The van der Waals surface area contributed by atoms with Crippen LogP contribution in [-0.2, 0) is 6.54 Å². The summed E-state index contributed by atoms with van der Waals surface area (Å²) in [5, 5.41) is 22.4. The summed E-state index contributed by atoms with van der Waals surface area (Å²) in [6.07, 6.45) is 0. The number of carboxylic acids is 1. The fourth-order valence-electron chi connectivity index (χ4n) is 1.72. The SMILES string of the molecule is COc1cccc(CNc2nc(C)c(C(=O)O)s2)c1O. The summed E-state index contributed by atoms with van der Waals surface area (Å²) in [6, 6.07) is 5.18. The van der Waals surface area contributed by atoms with E-state index in [4.69, 9.17) is 9.84 Å². The highest BCUT2D eigenvalue weighted by Gasteiger charge is 2.14. The molecule has 0 saturated carbocycles. The van der Waals surface area contributed by atoms with Crippen LogP contribution in [0.1, 0.15) is 20.9 Å². The van der Waals surface area contributed by atoms with Gasteiger partial charge in [-0.2, -0.15) is 0 Å². The van der Waals surface area contributed by atoms with Crippen LogP contribution in [0.15, 0.2) is 18.2 Å². The fourth-order valence-corrected chi connectivity index (χ4v) is 2.52. The Balaban J connectivity index is 2.13. The normalized spacial score (nSPS) is 10.3. The number of anilines is 1. The van der Waals surface area contributed by atoms with Gasteiger partial charge >= 0.3 is 5.97 Å². The van der Waals surface area contributed by atoms with E-state index in [9.17, 15) is 9.90 Å². The van der Waals surface area contributed by atoms with Crippen molar-refractivity contribution in [2.75, 3.05) is 12.4 Å². The molecular formula is C13H14N2O4S. The maximum absolute atomic E-state index is 10.9. The summed E-state index contributed by atoms with van der Waals surface area (Å²) in [5.41, 5.74) is 1.12. The molecule has 0 atom stereocenters. The second-order valence-electron chi connectivity index (χ2n) is 4.06. The number of aromatic nitrogens is 1. The van der Waals surface area contributed by atoms with Gasteiger partial charge in [0.25, 0.3) is 0 Å². The number of benzene rings is 1. The Hall–Kier alpha value is -2.28. The minimum absolute atomic E-state index is 0.0641. The standard InChI is InChI=1S/C13H14N2O4S/c1-7-11(12(17)18)20-13(15-7)14-6-8-4-3-5-9(19-2)10(8)16/h3-5,16H,6H2,1-2H3,(H,14,15)(H,17,18). The minimum atomic E-state index is -0.989. The first-order valence-electron chi connectivity index (χ1n) is 5.82. The quantitative estimate of drug-likeness (QED) is 0.784. The van der Waals surface area contributed by atoms with Gasteiger partial charge in [-0.3, -0.25) is 0 Å². The van der Waals surface area contributed by atoms with Crippen molar-refractivity contribution in [2.45, 2.75) is 13.5 Å². The Labute approximate surface area is 119 Å². The molecule has 0 aliphatic heterocycles. The number of phenolic OH excluding ortho intramolecular Hbond substituents is 1. The molecular weight excluding hydrogens is 280 g/mol. The molecule has 0 fully saturated rings. The molecule has 2 rings (SSSR count). The van der Waals surface area contributed by atoms with Crippen LogP contribution in [0.25, 0.3) is 0 Å². The van der Waals surface area contributed by atoms with Gasteiger partial charge in [0.15, 0.2) is 16.6 Å². The van der Waals surface area contributed by atoms with Gasteiger partial charge in [0, 0.05) is 12.1 Å². The lowest BCUT2D eigenvalue weighted by Crippen LogP contribution is -2.00. The monoisotopic (exact) mass is 294 g/mol. The van der Waals surface area contributed by atoms with Gasteiger partial charge in [0.1, 0.15) is 4.88 Å². The smallest absolute Gasteiger partial charge is 0.347 e. The number of aromatic hydroxyl groups is 1. The molecule has 0 aliphatic carbocycles. The maximum atomic E-state index is 10.9. The number of carbonyl (C=O) groups is 1. The number of nitrogens with zero attached hydrogens (tertiary/aromatic N) is 1. The number of carboxylic acid groups (broad SMARTS) is 1. The van der Waals surface area contributed by atoms with E-state index < -0.39 is 5.97 Å². The molecule has 7 heteroatoms. The lowest BCUT2D eigenvalue weighted by molar-refractivity contribution is 0.0701. The highest BCUT2D eigenvalue weighted by molar-refractivity contribution is 7.17. The largest absolute Gasteiger partial charge is 0.504 e. The number of ether oxygens (including phenoxy) is 1. The lowest BCUT2D eigenvalue weighted by atomic mass is 10.2. The van der Waals surface area contributed by atoms with Gasteiger partial charge in [0.2, 0.25) is 0 Å². The number of methoxy groups -OCH3 is 1. The van der Waals surface area contributed by atoms with Crippen molar-refractivity contribution in [1.29, 1.82) is 0 Å². The molecule has 20 heavy (non-hydrogen) atoms. The van der Waals surface area contributed by atoms with Crippen LogP contribution < -0.4 is 10.1 Å². The number of nitrogens with one attached hydrogen (secondary N) is 1. The van der Waals surface area contributed by atoms with Crippen molar-refractivity contribution in [3.8, 4) is 11.5 Å². The molecule has 0 saturated heterocycles. The van der Waals surface area contributed by atoms with Crippen LogP contribution in [0.4, 0.5) is 5.13 Å². The Morgan fingerprint density at radius 1 is 1.50 bits per heavy atom. The summed E-state index contributed by atoms with van der Waals surface area (Å²) in [4.78, 5) is 15.3. The molecule has 0 bridgehead atoms. The van der Waals surface area contributed by atoms with Gasteiger partial charge in [0.05, 0.1) is 12.8 Å². The van der Waals surface area contributed by atoms with Crippen molar-refractivity contribution in [3.63, 3.8) is 0 Å². The molecule has 1 heterocycles. The van der Waals surface area contributed by atoms with Crippen molar-refractivity contribution >= 4 is 22.4 Å². The van der Waals surface area contributed by atoms with E-state index in [1.807, 2.05) is 0 Å². The van der Waals surface area contributed by atoms with Gasteiger partial charge < -0.3 is 20.3 Å². The van der Waals surface area contributed by atoms with E-state index in [1.54, 1.807) is 25.1 Å². The molecule has 6 nitrogen and oxygen atoms in total. The Morgan fingerprint density at radius 2 is 2.25 bits per heavy atom. The van der Waals surface area contributed by atoms with Gasteiger partial charge in [-0.1, -0.05) is 23.5 Å². The molecule has 0 unspecified atom stereocenters. The predicted molar refractivity (Wildman–Crippen MR) is 75.8 cm³/mol. The average Bonchev–Trinajstić information content (AvgIpc) is 2.79. The molecule has 0 spiro atoms. The molecule has 1 aromatic heterocycles. The molecule has 1 aromatic carbocycles. The fraction of sp³-hybridized carbons (Fsp3) is 0.231. The van der Waals surface area contributed by atoms with Crippen LogP contribution in [0.2, 0.25) is 0 Å². The number of aromatic carboxylic acids is 1. The van der Waals surface area contributed by atoms with Crippen LogP contribution >= 0.6 is 11.3 Å². The third-order valence-electron chi connectivity index (χ3n) is 2.72. The zero-order valence-electron chi connectivity index (χ0n) is 11.0. The third-order valence-corrected chi connectivity index (χ3v) is 3.83. The molecule has 106 valence electrons. The first kappa shape index (κ1) is 14.1. The van der Waals surface area contributed by atoms with Crippen LogP contribution in [0.3, 0.4) is 0 Å². The highest BCUT2D eigenvalue weighted by atomic mass is 32.1. The van der Waals surface area contributed by atoms with E-state index in [-0.39, 0.29) is 10.6 Å². The molecule has 0 aliphatic rings. The summed E-state index contributed by atoms with van der Waals surface area (Å²) >= 11 is 1.07. The van der Waals surface area contributed by atoms with E-state index >= 15 is 0 Å². The number of hydrogen-bond donors (Lipinski definition) is 3. The van der Waals surface area contributed by atoms with Crippen LogP contribution in [0.5, 0.6) is 11.5 Å². The lowest BCUT2D eigenvalue weighted by Gasteiger charge is -2.08. The topological polar surface area (TPSA) is 91.7 Å². The number of thiazole rings is 1. The Kier molecular flexibility index (Phi) is 4.09. The number of rotatable bonds is 5. The third kappa shape index (κ3) is 2.83. The first-order valence-corrected chi connectivity index (χ1v) is 6.64. The molecule has 0 radical (unpaired) electrons. The second-order valence-corrected chi connectivity index (χ2v) is 5.06.